The summed E-state index contributed by atoms with van der Waals surface area (Å²) >= 11 is 0. The van der Waals surface area contributed by atoms with Gasteiger partial charge in [-0.2, -0.15) is 0 Å². The van der Waals surface area contributed by atoms with Crippen molar-refractivity contribution in [2.24, 2.45) is 0 Å². The molecule has 1 saturated carbocycles. The van der Waals surface area contributed by atoms with Crippen molar-refractivity contribution in [2.75, 3.05) is 58.9 Å². The third kappa shape index (κ3) is 5.92. The third-order valence-corrected chi connectivity index (χ3v) is 6.58. The summed E-state index contributed by atoms with van der Waals surface area (Å²) in [5.74, 6) is 0. The van der Waals surface area contributed by atoms with E-state index in [0.717, 1.165) is 12.1 Å². The number of piperazine rings is 2. The van der Waals surface area contributed by atoms with Crippen molar-refractivity contribution in [2.45, 2.75) is 78.4 Å². The van der Waals surface area contributed by atoms with Crippen LogP contribution in [0.5, 0.6) is 0 Å². The summed E-state index contributed by atoms with van der Waals surface area (Å²) in [5, 5.41) is 0. The molecule has 2 unspecified atom stereocenters. The average Bonchev–Trinajstić information content (AvgIpc) is 2.70. The number of rotatable bonds is 4. The second kappa shape index (κ2) is 10.9. The van der Waals surface area contributed by atoms with Crippen molar-refractivity contribution in [3.63, 3.8) is 0 Å². The second-order valence-corrected chi connectivity index (χ2v) is 8.11. The highest BCUT2D eigenvalue weighted by Crippen LogP contribution is 2.28. The van der Waals surface area contributed by atoms with Crippen molar-refractivity contribution in [3.8, 4) is 0 Å². The number of hydrogen-bond acceptors (Lipinski definition) is 4. The molecule has 1 aliphatic carbocycles. The molecule has 0 aromatic heterocycles. The first kappa shape index (κ1) is 21.1. The maximum absolute atomic E-state index is 2.81. The van der Waals surface area contributed by atoms with E-state index in [-0.39, 0.29) is 0 Å². The van der Waals surface area contributed by atoms with Gasteiger partial charge in [-0.05, 0) is 39.7 Å². The highest BCUT2D eigenvalue weighted by atomic mass is 15.3. The molecule has 2 heterocycles. The van der Waals surface area contributed by atoms with E-state index < -0.39 is 0 Å². The SMILES string of the molecule is CC.CCN1CCN(C2CCCC(N3CCN(C(C)C)CC3)C2)CC1. The van der Waals surface area contributed by atoms with Crippen molar-refractivity contribution in [3.05, 3.63) is 0 Å². The number of likely N-dealkylation sites (N-methyl/N-ethyl adjacent to an activating group) is 1. The van der Waals surface area contributed by atoms with Crippen LogP contribution in [0.1, 0.15) is 60.3 Å². The molecule has 0 aromatic rings. The van der Waals surface area contributed by atoms with E-state index in [1.165, 1.54) is 84.6 Å². The zero-order valence-corrected chi connectivity index (χ0v) is 17.7. The van der Waals surface area contributed by atoms with Gasteiger partial charge in [0.15, 0.2) is 0 Å². The van der Waals surface area contributed by atoms with Crippen LogP contribution in [0.2, 0.25) is 0 Å². The quantitative estimate of drug-likeness (QED) is 0.771. The first-order valence-corrected chi connectivity index (χ1v) is 11.1. The topological polar surface area (TPSA) is 13.0 Å². The molecule has 2 aliphatic heterocycles. The molecule has 25 heavy (non-hydrogen) atoms. The molecule has 148 valence electrons. The Labute approximate surface area is 157 Å². The average molecular weight is 353 g/mol. The zero-order valence-electron chi connectivity index (χ0n) is 17.7. The molecule has 3 aliphatic rings. The molecule has 2 saturated heterocycles. The fourth-order valence-corrected chi connectivity index (χ4v) is 4.87. The van der Waals surface area contributed by atoms with Gasteiger partial charge in [-0.25, -0.2) is 0 Å². The number of nitrogens with zero attached hydrogens (tertiary/aromatic N) is 4. The van der Waals surface area contributed by atoms with Gasteiger partial charge in [0.25, 0.3) is 0 Å². The lowest BCUT2D eigenvalue weighted by molar-refractivity contribution is 0.0257. The summed E-state index contributed by atoms with van der Waals surface area (Å²) in [7, 11) is 0. The van der Waals surface area contributed by atoms with E-state index in [9.17, 15) is 0 Å². The molecule has 0 amide bonds. The van der Waals surface area contributed by atoms with Gasteiger partial charge in [0.1, 0.15) is 0 Å². The lowest BCUT2D eigenvalue weighted by atomic mass is 9.88. The van der Waals surface area contributed by atoms with E-state index in [1.54, 1.807) is 0 Å². The summed E-state index contributed by atoms with van der Waals surface area (Å²) in [4.78, 5) is 10.9. The van der Waals surface area contributed by atoms with Crippen LogP contribution in [0.15, 0.2) is 0 Å². The Morgan fingerprint density at radius 3 is 1.68 bits per heavy atom. The van der Waals surface area contributed by atoms with Gasteiger partial charge < -0.3 is 4.90 Å². The third-order valence-electron chi connectivity index (χ3n) is 6.58. The zero-order chi connectivity index (χ0) is 18.2. The summed E-state index contributed by atoms with van der Waals surface area (Å²) < 4.78 is 0. The second-order valence-electron chi connectivity index (χ2n) is 8.11. The molecule has 0 N–H and O–H groups in total. The maximum Gasteiger partial charge on any atom is 0.0113 e. The molecule has 3 rings (SSSR count). The van der Waals surface area contributed by atoms with Crippen molar-refractivity contribution in [1.29, 1.82) is 0 Å². The maximum atomic E-state index is 2.81. The van der Waals surface area contributed by atoms with E-state index in [2.05, 4.69) is 40.4 Å². The van der Waals surface area contributed by atoms with Crippen molar-refractivity contribution < 1.29 is 0 Å². The molecule has 4 nitrogen and oxygen atoms in total. The Morgan fingerprint density at radius 2 is 1.24 bits per heavy atom. The predicted octanol–water partition coefficient (Wildman–Crippen LogP) is 2.99. The van der Waals surface area contributed by atoms with Crippen LogP contribution in [-0.2, 0) is 0 Å². The molecule has 3 fully saturated rings. The summed E-state index contributed by atoms with van der Waals surface area (Å²) in [6.07, 6.45) is 5.74. The largest absolute Gasteiger partial charge is 0.301 e. The fourth-order valence-electron chi connectivity index (χ4n) is 4.87. The van der Waals surface area contributed by atoms with Crippen LogP contribution in [0.3, 0.4) is 0 Å². The Hall–Kier alpha value is -0.160. The summed E-state index contributed by atoms with van der Waals surface area (Å²) in [6, 6.07) is 2.43. The molecule has 0 radical (unpaired) electrons. The van der Waals surface area contributed by atoms with E-state index >= 15 is 0 Å². The monoisotopic (exact) mass is 352 g/mol. The minimum atomic E-state index is 0.714. The van der Waals surface area contributed by atoms with Crippen LogP contribution in [0, 0.1) is 0 Å². The van der Waals surface area contributed by atoms with Gasteiger partial charge >= 0.3 is 0 Å². The molecule has 0 bridgehead atoms. The molecule has 2 atom stereocenters. The Balaban J connectivity index is 0.00000109. The highest BCUT2D eigenvalue weighted by molar-refractivity contribution is 4.89. The van der Waals surface area contributed by atoms with Crippen LogP contribution in [0.4, 0.5) is 0 Å². The van der Waals surface area contributed by atoms with Crippen LogP contribution >= 0.6 is 0 Å². The lowest BCUT2D eigenvalue weighted by Gasteiger charge is -2.46. The van der Waals surface area contributed by atoms with E-state index in [0.29, 0.717) is 6.04 Å². The van der Waals surface area contributed by atoms with Crippen LogP contribution < -0.4 is 0 Å². The Morgan fingerprint density at radius 1 is 0.760 bits per heavy atom. The first-order chi connectivity index (χ1) is 12.2. The molecular formula is C21H44N4. The van der Waals surface area contributed by atoms with E-state index in [1.807, 2.05) is 13.8 Å². The van der Waals surface area contributed by atoms with Crippen molar-refractivity contribution in [1.82, 2.24) is 19.6 Å². The molecule has 0 aromatic carbocycles. The first-order valence-electron chi connectivity index (χ1n) is 11.1. The van der Waals surface area contributed by atoms with E-state index in [4.69, 9.17) is 0 Å². The fraction of sp³-hybridized carbons (Fsp3) is 1.00. The van der Waals surface area contributed by atoms with Gasteiger partial charge in [-0.15, -0.1) is 0 Å². The Bertz CT molecular complexity index is 344. The predicted molar refractivity (Wildman–Crippen MR) is 109 cm³/mol. The van der Waals surface area contributed by atoms with Gasteiger partial charge in [0.05, 0.1) is 0 Å². The standard InChI is InChI=1S/C19H38N4.C2H6/c1-4-20-8-10-22(11-9-20)18-6-5-7-19(16-18)23-14-12-21(13-15-23)17(2)3;1-2/h17-19H,4-16H2,1-3H3;1-2H3. The van der Waals surface area contributed by atoms with Crippen LogP contribution in [-0.4, -0.2) is 96.6 Å². The van der Waals surface area contributed by atoms with Gasteiger partial charge in [-0.3, -0.25) is 14.7 Å². The van der Waals surface area contributed by atoms with Gasteiger partial charge in [0, 0.05) is 70.5 Å². The highest BCUT2D eigenvalue weighted by Gasteiger charge is 2.32. The minimum Gasteiger partial charge on any atom is -0.301 e. The summed E-state index contributed by atoms with van der Waals surface area (Å²) in [5.41, 5.74) is 0. The molecule has 0 spiro atoms. The normalized spacial score (nSPS) is 31.0. The summed E-state index contributed by atoms with van der Waals surface area (Å²) in [6.45, 7) is 22.5. The van der Waals surface area contributed by atoms with Crippen LogP contribution in [0.25, 0.3) is 0 Å². The van der Waals surface area contributed by atoms with Gasteiger partial charge in [-0.1, -0.05) is 27.2 Å². The number of hydrogen-bond donors (Lipinski definition) is 0. The van der Waals surface area contributed by atoms with Crippen molar-refractivity contribution >= 4 is 0 Å². The Kier molecular flexibility index (Phi) is 9.18. The lowest BCUT2D eigenvalue weighted by Crippen LogP contribution is -2.56. The minimum absolute atomic E-state index is 0.714. The molecular weight excluding hydrogens is 308 g/mol. The molecule has 4 heteroatoms. The smallest absolute Gasteiger partial charge is 0.0113 e. The van der Waals surface area contributed by atoms with Gasteiger partial charge in [0.2, 0.25) is 0 Å².